The fourth-order valence-corrected chi connectivity index (χ4v) is 2.73. The van der Waals surface area contributed by atoms with Crippen molar-refractivity contribution in [1.29, 1.82) is 0 Å². The predicted octanol–water partition coefficient (Wildman–Crippen LogP) is 1.96. The van der Waals surface area contributed by atoms with Crippen molar-refractivity contribution in [2.45, 2.75) is 24.7 Å². The molecule has 0 radical (unpaired) electrons. The van der Waals surface area contributed by atoms with E-state index >= 15 is 0 Å². The van der Waals surface area contributed by atoms with Gasteiger partial charge in [0.2, 0.25) is 5.91 Å². The molecule has 2 aromatic rings. The largest absolute Gasteiger partial charge is 0.288 e. The van der Waals surface area contributed by atoms with E-state index in [0.717, 1.165) is 24.8 Å². The topological polar surface area (TPSA) is 71.1 Å². The van der Waals surface area contributed by atoms with Crippen molar-refractivity contribution in [1.82, 2.24) is 15.8 Å². The molecule has 1 aromatic heterocycles. The summed E-state index contributed by atoms with van der Waals surface area (Å²) in [5.74, 6) is -0.592. The molecule has 0 saturated heterocycles. The lowest BCUT2D eigenvalue weighted by atomic mass is 9.64. The molecule has 2 N–H and O–H groups in total. The highest BCUT2D eigenvalue weighted by molar-refractivity contribution is 5.95. The molecule has 1 fully saturated rings. The highest BCUT2D eigenvalue weighted by Gasteiger charge is 2.45. The van der Waals surface area contributed by atoms with Crippen LogP contribution < -0.4 is 10.9 Å². The Labute approximate surface area is 128 Å². The van der Waals surface area contributed by atoms with Crippen molar-refractivity contribution >= 4 is 11.8 Å². The summed E-state index contributed by atoms with van der Waals surface area (Å²) >= 11 is 0. The Morgan fingerprint density at radius 3 is 2.27 bits per heavy atom. The number of rotatable bonds is 3. The number of nitrogens with one attached hydrogen (secondary N) is 2. The zero-order chi connectivity index (χ0) is 15.4. The first-order chi connectivity index (χ1) is 10.7. The number of hydrazine groups is 1. The molecular formula is C17H17N3O2. The second-order valence-electron chi connectivity index (χ2n) is 5.42. The monoisotopic (exact) mass is 295 g/mol. The summed E-state index contributed by atoms with van der Waals surface area (Å²) in [7, 11) is 0. The van der Waals surface area contributed by atoms with E-state index in [1.165, 1.54) is 6.20 Å². The number of pyridine rings is 1. The Hall–Kier alpha value is -2.69. The zero-order valence-corrected chi connectivity index (χ0v) is 12.1. The molecular weight excluding hydrogens is 278 g/mol. The molecule has 0 spiro atoms. The van der Waals surface area contributed by atoms with Crippen LogP contribution in [0.15, 0.2) is 54.7 Å². The van der Waals surface area contributed by atoms with Crippen LogP contribution >= 0.6 is 0 Å². The van der Waals surface area contributed by atoms with Crippen molar-refractivity contribution in [2.24, 2.45) is 0 Å². The minimum atomic E-state index is -0.529. The third kappa shape index (κ3) is 2.57. The van der Waals surface area contributed by atoms with Crippen LogP contribution in [-0.4, -0.2) is 16.8 Å². The second-order valence-corrected chi connectivity index (χ2v) is 5.42. The van der Waals surface area contributed by atoms with E-state index in [1.807, 2.05) is 30.3 Å². The molecule has 112 valence electrons. The summed E-state index contributed by atoms with van der Waals surface area (Å²) in [6, 6.07) is 14.7. The fourth-order valence-electron chi connectivity index (χ4n) is 2.73. The Balaban J connectivity index is 1.68. The highest BCUT2D eigenvalue weighted by Crippen LogP contribution is 2.43. The lowest BCUT2D eigenvalue weighted by molar-refractivity contribution is -0.130. The Kier molecular flexibility index (Phi) is 3.87. The second kappa shape index (κ2) is 5.97. The van der Waals surface area contributed by atoms with Gasteiger partial charge in [0, 0.05) is 6.20 Å². The van der Waals surface area contributed by atoms with Gasteiger partial charge in [-0.15, -0.1) is 0 Å². The zero-order valence-electron chi connectivity index (χ0n) is 12.1. The van der Waals surface area contributed by atoms with Crippen molar-refractivity contribution in [3.05, 3.63) is 66.0 Å². The molecule has 2 amide bonds. The third-order valence-corrected chi connectivity index (χ3v) is 4.16. The standard InChI is InChI=1S/C17H17N3O2/c21-15(14-9-4-5-12-18-14)19-20-16(22)17(10-6-11-17)13-7-2-1-3-8-13/h1-5,7-9,12H,6,10-11H2,(H,19,21)(H,20,22). The van der Waals surface area contributed by atoms with E-state index in [9.17, 15) is 9.59 Å². The normalized spacial score (nSPS) is 15.5. The van der Waals surface area contributed by atoms with E-state index in [0.29, 0.717) is 0 Å². The number of aromatic nitrogens is 1. The van der Waals surface area contributed by atoms with Gasteiger partial charge >= 0.3 is 0 Å². The van der Waals surface area contributed by atoms with E-state index in [-0.39, 0.29) is 11.6 Å². The van der Waals surface area contributed by atoms with Gasteiger partial charge in [-0.05, 0) is 30.5 Å². The number of carbonyl (C=O) groups is 2. The lowest BCUT2D eigenvalue weighted by Gasteiger charge is -2.40. The molecule has 22 heavy (non-hydrogen) atoms. The molecule has 1 aromatic carbocycles. The molecule has 0 aliphatic heterocycles. The van der Waals surface area contributed by atoms with Crippen LogP contribution in [0, 0.1) is 0 Å². The van der Waals surface area contributed by atoms with Crippen LogP contribution in [0.25, 0.3) is 0 Å². The van der Waals surface area contributed by atoms with Gasteiger partial charge in [-0.3, -0.25) is 25.4 Å². The molecule has 3 rings (SSSR count). The average Bonchev–Trinajstić information content (AvgIpc) is 2.53. The van der Waals surface area contributed by atoms with Crippen molar-refractivity contribution in [3.63, 3.8) is 0 Å². The first-order valence-electron chi connectivity index (χ1n) is 7.30. The minimum Gasteiger partial charge on any atom is -0.272 e. The molecule has 0 bridgehead atoms. The first kappa shape index (κ1) is 14.3. The highest BCUT2D eigenvalue weighted by atomic mass is 16.2. The lowest BCUT2D eigenvalue weighted by Crippen LogP contribution is -2.54. The van der Waals surface area contributed by atoms with Gasteiger partial charge in [-0.2, -0.15) is 0 Å². The Morgan fingerprint density at radius 1 is 0.955 bits per heavy atom. The van der Waals surface area contributed by atoms with Gasteiger partial charge in [0.05, 0.1) is 5.41 Å². The summed E-state index contributed by atoms with van der Waals surface area (Å²) in [5, 5.41) is 0. The molecule has 5 heteroatoms. The van der Waals surface area contributed by atoms with Crippen LogP contribution in [0.4, 0.5) is 0 Å². The molecule has 0 unspecified atom stereocenters. The summed E-state index contributed by atoms with van der Waals surface area (Å²) < 4.78 is 0. The van der Waals surface area contributed by atoms with E-state index < -0.39 is 11.3 Å². The number of carbonyl (C=O) groups excluding carboxylic acids is 2. The predicted molar refractivity (Wildman–Crippen MR) is 81.8 cm³/mol. The van der Waals surface area contributed by atoms with E-state index in [4.69, 9.17) is 0 Å². The molecule has 1 saturated carbocycles. The Bertz CT molecular complexity index is 667. The maximum Gasteiger partial charge on any atom is 0.288 e. The van der Waals surface area contributed by atoms with Crippen LogP contribution in [-0.2, 0) is 10.2 Å². The Morgan fingerprint density at radius 2 is 1.68 bits per heavy atom. The van der Waals surface area contributed by atoms with Crippen LogP contribution in [0.3, 0.4) is 0 Å². The van der Waals surface area contributed by atoms with E-state index in [2.05, 4.69) is 15.8 Å². The van der Waals surface area contributed by atoms with Gasteiger partial charge in [0.25, 0.3) is 5.91 Å². The van der Waals surface area contributed by atoms with Gasteiger partial charge in [0.15, 0.2) is 0 Å². The van der Waals surface area contributed by atoms with E-state index in [1.54, 1.807) is 18.2 Å². The number of nitrogens with zero attached hydrogens (tertiary/aromatic N) is 1. The van der Waals surface area contributed by atoms with Gasteiger partial charge < -0.3 is 0 Å². The molecule has 1 aliphatic carbocycles. The molecule has 1 heterocycles. The summed E-state index contributed by atoms with van der Waals surface area (Å²) in [4.78, 5) is 28.4. The fraction of sp³-hybridized carbons (Fsp3) is 0.235. The number of benzene rings is 1. The summed E-state index contributed by atoms with van der Waals surface area (Å²) in [5.41, 5.74) is 5.72. The smallest absolute Gasteiger partial charge is 0.272 e. The number of hydrogen-bond acceptors (Lipinski definition) is 3. The van der Waals surface area contributed by atoms with Crippen molar-refractivity contribution in [2.75, 3.05) is 0 Å². The molecule has 0 atom stereocenters. The van der Waals surface area contributed by atoms with Crippen LogP contribution in [0.1, 0.15) is 35.3 Å². The number of hydrogen-bond donors (Lipinski definition) is 2. The SMILES string of the molecule is O=C(NNC(=O)C1(c2ccccc2)CCC1)c1ccccn1. The quantitative estimate of drug-likeness (QED) is 0.850. The third-order valence-electron chi connectivity index (χ3n) is 4.16. The van der Waals surface area contributed by atoms with Crippen LogP contribution in [0.5, 0.6) is 0 Å². The van der Waals surface area contributed by atoms with Gasteiger partial charge in [-0.1, -0.05) is 42.8 Å². The number of amides is 2. The maximum atomic E-state index is 12.5. The summed E-state index contributed by atoms with van der Waals surface area (Å²) in [6.07, 6.45) is 4.13. The minimum absolute atomic E-state index is 0.172. The molecule has 5 nitrogen and oxygen atoms in total. The maximum absolute atomic E-state index is 12.5. The van der Waals surface area contributed by atoms with Crippen LogP contribution in [0.2, 0.25) is 0 Å². The van der Waals surface area contributed by atoms with Gasteiger partial charge in [-0.25, -0.2) is 0 Å². The van der Waals surface area contributed by atoms with Crippen molar-refractivity contribution in [3.8, 4) is 0 Å². The van der Waals surface area contributed by atoms with Gasteiger partial charge in [0.1, 0.15) is 5.69 Å². The average molecular weight is 295 g/mol. The molecule has 1 aliphatic rings. The summed E-state index contributed by atoms with van der Waals surface area (Å²) in [6.45, 7) is 0. The van der Waals surface area contributed by atoms with Crippen molar-refractivity contribution < 1.29 is 9.59 Å². The first-order valence-corrected chi connectivity index (χ1v) is 7.30.